The fourth-order valence-corrected chi connectivity index (χ4v) is 2.71. The summed E-state index contributed by atoms with van der Waals surface area (Å²) >= 11 is 0. The van der Waals surface area contributed by atoms with Crippen molar-refractivity contribution in [1.29, 1.82) is 0 Å². The van der Waals surface area contributed by atoms with Gasteiger partial charge < -0.3 is 11.1 Å². The van der Waals surface area contributed by atoms with Crippen molar-refractivity contribution in [2.24, 2.45) is 5.73 Å². The van der Waals surface area contributed by atoms with Crippen molar-refractivity contribution in [3.8, 4) is 0 Å². The number of H-pyrrole nitrogens is 1. The summed E-state index contributed by atoms with van der Waals surface area (Å²) in [4.78, 5) is 16.3. The molecule has 1 aromatic carbocycles. The Balaban J connectivity index is 2.17. The van der Waals surface area contributed by atoms with Gasteiger partial charge in [-0.05, 0) is 44.9 Å². The van der Waals surface area contributed by atoms with Crippen LogP contribution in [0.5, 0.6) is 0 Å². The van der Waals surface area contributed by atoms with Crippen molar-refractivity contribution in [2.75, 3.05) is 5.32 Å². The minimum Gasteiger partial charge on any atom is -0.365 e. The zero-order valence-electron chi connectivity index (χ0n) is 14.9. The van der Waals surface area contributed by atoms with Crippen LogP contribution in [0.2, 0.25) is 0 Å². The molecule has 0 saturated heterocycles. The third kappa shape index (κ3) is 3.42. The number of aromatic amines is 1. The molecule has 0 aliphatic heterocycles. The summed E-state index contributed by atoms with van der Waals surface area (Å²) in [7, 11) is 0. The van der Waals surface area contributed by atoms with Crippen molar-refractivity contribution in [2.45, 2.75) is 33.2 Å². The second-order valence-corrected chi connectivity index (χ2v) is 7.13. The summed E-state index contributed by atoms with van der Waals surface area (Å²) in [6.07, 6.45) is 3.65. The summed E-state index contributed by atoms with van der Waals surface area (Å²) in [5.74, 6) is 0.300. The van der Waals surface area contributed by atoms with E-state index in [1.807, 2.05) is 37.3 Å². The van der Waals surface area contributed by atoms with E-state index < -0.39 is 5.91 Å². The molecule has 0 unspecified atom stereocenters. The van der Waals surface area contributed by atoms with Gasteiger partial charge in [0.15, 0.2) is 11.5 Å². The van der Waals surface area contributed by atoms with Crippen molar-refractivity contribution >= 4 is 29.0 Å². The summed E-state index contributed by atoms with van der Waals surface area (Å²) in [6.45, 7) is 8.23. The summed E-state index contributed by atoms with van der Waals surface area (Å²) in [5.41, 5.74) is 9.05. The molecule has 0 spiro atoms. The van der Waals surface area contributed by atoms with Gasteiger partial charge >= 0.3 is 0 Å². The largest absolute Gasteiger partial charge is 0.365 e. The quantitative estimate of drug-likeness (QED) is 0.680. The number of carbonyl (C=O) groups excluding carboxylic acids is 1. The van der Waals surface area contributed by atoms with Crippen LogP contribution in [0, 0.1) is 0 Å². The first-order chi connectivity index (χ1) is 11.8. The Bertz CT molecular complexity index is 942. The molecule has 0 aliphatic carbocycles. The van der Waals surface area contributed by atoms with E-state index in [2.05, 4.69) is 42.2 Å². The third-order valence-corrected chi connectivity index (χ3v) is 3.77. The number of amides is 1. The first-order valence-electron chi connectivity index (χ1n) is 8.18. The summed E-state index contributed by atoms with van der Waals surface area (Å²) < 4.78 is 1.77. The van der Waals surface area contributed by atoms with Crippen LogP contribution < -0.4 is 11.1 Å². The van der Waals surface area contributed by atoms with Crippen LogP contribution in [0.4, 0.5) is 5.82 Å². The van der Waals surface area contributed by atoms with Crippen LogP contribution in [0.25, 0.3) is 17.3 Å². The smallest absolute Gasteiger partial charge is 0.254 e. The molecule has 0 radical (unpaired) electrons. The monoisotopic (exact) mass is 337 g/mol. The standard InChI is InChI=1S/C19H23N5O/c1-12(10-13-8-6-5-7-9-13)15-18(23-19(2,3)4)24-17(22-15)14(11-21-24)16(20)25/h5-11,21,23H,1-4H3,(H2,20,25). The van der Waals surface area contributed by atoms with E-state index in [1.165, 1.54) is 0 Å². The van der Waals surface area contributed by atoms with Crippen molar-refractivity contribution < 1.29 is 4.79 Å². The maximum absolute atomic E-state index is 11.7. The average Bonchev–Trinajstić information content (AvgIpc) is 3.07. The van der Waals surface area contributed by atoms with Gasteiger partial charge in [-0.1, -0.05) is 30.3 Å². The lowest BCUT2D eigenvalue weighted by Crippen LogP contribution is -2.27. The molecule has 6 heteroatoms. The normalized spacial score (nSPS) is 12.6. The Kier molecular flexibility index (Phi) is 4.12. The molecule has 2 heterocycles. The predicted octanol–water partition coefficient (Wildman–Crippen LogP) is 3.53. The van der Waals surface area contributed by atoms with Crippen LogP contribution in [-0.2, 0) is 0 Å². The third-order valence-electron chi connectivity index (χ3n) is 3.77. The number of anilines is 1. The molecule has 130 valence electrons. The Labute approximate surface area is 146 Å². The van der Waals surface area contributed by atoms with Gasteiger partial charge in [-0.2, -0.15) is 0 Å². The number of nitrogens with two attached hydrogens (primary N) is 1. The van der Waals surface area contributed by atoms with Crippen LogP contribution in [0.15, 0.2) is 36.5 Å². The zero-order valence-corrected chi connectivity index (χ0v) is 14.9. The van der Waals surface area contributed by atoms with Gasteiger partial charge in [-0.15, -0.1) is 0 Å². The second-order valence-electron chi connectivity index (χ2n) is 7.13. The number of primary amides is 1. The summed E-state index contributed by atoms with van der Waals surface area (Å²) in [6, 6.07) is 10.1. The van der Waals surface area contributed by atoms with Crippen LogP contribution in [0.1, 0.15) is 49.3 Å². The van der Waals surface area contributed by atoms with Crippen molar-refractivity contribution in [1.82, 2.24) is 14.6 Å². The maximum Gasteiger partial charge on any atom is 0.254 e. The summed E-state index contributed by atoms with van der Waals surface area (Å²) in [5, 5.41) is 6.53. The molecule has 0 saturated carbocycles. The van der Waals surface area contributed by atoms with Crippen LogP contribution >= 0.6 is 0 Å². The molecule has 6 nitrogen and oxygen atoms in total. The van der Waals surface area contributed by atoms with Crippen LogP contribution in [-0.4, -0.2) is 26.0 Å². The number of benzene rings is 1. The van der Waals surface area contributed by atoms with E-state index in [0.29, 0.717) is 11.2 Å². The van der Waals surface area contributed by atoms with E-state index in [9.17, 15) is 4.79 Å². The van der Waals surface area contributed by atoms with Gasteiger partial charge in [0.25, 0.3) is 5.91 Å². The highest BCUT2D eigenvalue weighted by Gasteiger charge is 2.22. The molecule has 0 aliphatic rings. The highest BCUT2D eigenvalue weighted by molar-refractivity contribution is 5.99. The molecule has 3 aromatic rings. The number of hydrogen-bond acceptors (Lipinski definition) is 3. The number of aromatic nitrogens is 3. The minimum atomic E-state index is -0.505. The van der Waals surface area contributed by atoms with Gasteiger partial charge in [-0.3, -0.25) is 9.89 Å². The van der Waals surface area contributed by atoms with E-state index in [4.69, 9.17) is 5.73 Å². The fraction of sp³-hybridized carbons (Fsp3) is 0.263. The van der Waals surface area contributed by atoms with Gasteiger partial charge in [0.05, 0.1) is 0 Å². The molecule has 2 aromatic heterocycles. The highest BCUT2D eigenvalue weighted by atomic mass is 16.1. The molecule has 1 amide bonds. The number of rotatable bonds is 4. The number of allylic oxidation sites excluding steroid dienone is 1. The van der Waals surface area contributed by atoms with Gasteiger partial charge in [0, 0.05) is 11.7 Å². The minimum absolute atomic E-state index is 0.171. The van der Waals surface area contributed by atoms with Crippen molar-refractivity contribution in [3.05, 3.63) is 53.3 Å². The molecule has 0 atom stereocenters. The Morgan fingerprint density at radius 1 is 1.28 bits per heavy atom. The SMILES string of the molecule is CC(=Cc1ccccc1)c1nc2c(C(N)=O)c[nH]n2c1NC(C)(C)C. The van der Waals surface area contributed by atoms with E-state index in [0.717, 1.165) is 22.6 Å². The topological polar surface area (TPSA) is 88.2 Å². The Morgan fingerprint density at radius 2 is 1.96 bits per heavy atom. The first-order valence-corrected chi connectivity index (χ1v) is 8.18. The number of imidazole rings is 1. The Hall–Kier alpha value is -3.02. The highest BCUT2D eigenvalue weighted by Crippen LogP contribution is 2.29. The molecule has 25 heavy (non-hydrogen) atoms. The van der Waals surface area contributed by atoms with E-state index in [-0.39, 0.29) is 5.54 Å². The molecular formula is C19H23N5O. The zero-order chi connectivity index (χ0) is 18.2. The second kappa shape index (κ2) is 6.12. The number of nitrogens with zero attached hydrogens (tertiary/aromatic N) is 2. The van der Waals surface area contributed by atoms with E-state index >= 15 is 0 Å². The Morgan fingerprint density at radius 3 is 2.56 bits per heavy atom. The average molecular weight is 337 g/mol. The lowest BCUT2D eigenvalue weighted by atomic mass is 10.1. The molecular weight excluding hydrogens is 314 g/mol. The molecule has 0 bridgehead atoms. The lowest BCUT2D eigenvalue weighted by Gasteiger charge is -2.22. The van der Waals surface area contributed by atoms with Crippen molar-refractivity contribution in [3.63, 3.8) is 0 Å². The van der Waals surface area contributed by atoms with Gasteiger partial charge in [0.2, 0.25) is 0 Å². The first kappa shape index (κ1) is 16.8. The number of carbonyl (C=O) groups is 1. The fourth-order valence-electron chi connectivity index (χ4n) is 2.71. The molecule has 4 N–H and O–H groups in total. The number of fused-ring (bicyclic) bond motifs is 1. The van der Waals surface area contributed by atoms with Gasteiger partial charge in [-0.25, -0.2) is 9.50 Å². The predicted molar refractivity (Wildman–Crippen MR) is 101 cm³/mol. The number of nitrogens with one attached hydrogen (secondary N) is 2. The molecule has 0 fully saturated rings. The maximum atomic E-state index is 11.7. The van der Waals surface area contributed by atoms with Gasteiger partial charge in [0.1, 0.15) is 11.3 Å². The molecule has 3 rings (SSSR count). The number of hydrogen-bond donors (Lipinski definition) is 3. The van der Waals surface area contributed by atoms with Crippen LogP contribution in [0.3, 0.4) is 0 Å². The lowest BCUT2D eigenvalue weighted by molar-refractivity contribution is 0.100. The van der Waals surface area contributed by atoms with E-state index in [1.54, 1.807) is 10.7 Å².